The molecule has 0 bridgehead atoms. The first kappa shape index (κ1) is 21.1. The number of alkyl halides is 3. The van der Waals surface area contributed by atoms with Gasteiger partial charge in [-0.05, 0) is 48.9 Å². The van der Waals surface area contributed by atoms with Crippen molar-refractivity contribution in [2.75, 3.05) is 7.11 Å². The molecule has 0 radical (unpaired) electrons. The number of carbonyl (C=O) groups excluding carboxylic acids is 2. The summed E-state index contributed by atoms with van der Waals surface area (Å²) < 4.78 is 47.6. The highest BCUT2D eigenvalue weighted by Crippen LogP contribution is 2.29. The predicted molar refractivity (Wildman–Crippen MR) is 95.2 cm³/mol. The highest BCUT2D eigenvalue weighted by Gasteiger charge is 2.30. The normalized spacial score (nSPS) is 12.2. The van der Waals surface area contributed by atoms with E-state index in [-0.39, 0.29) is 12.3 Å². The molecule has 2 aromatic rings. The number of rotatable bonds is 7. The van der Waals surface area contributed by atoms with E-state index in [0.717, 1.165) is 12.1 Å². The van der Waals surface area contributed by atoms with E-state index in [1.54, 1.807) is 0 Å². The van der Waals surface area contributed by atoms with E-state index in [1.807, 2.05) is 0 Å². The van der Waals surface area contributed by atoms with Gasteiger partial charge in [-0.2, -0.15) is 13.2 Å². The van der Waals surface area contributed by atoms with E-state index in [4.69, 9.17) is 10.1 Å². The molecular formula is C20H18F3NO4. The minimum atomic E-state index is -4.39. The van der Waals surface area contributed by atoms with Gasteiger partial charge in [0.15, 0.2) is 5.78 Å². The fourth-order valence-electron chi connectivity index (χ4n) is 2.32. The zero-order chi connectivity index (χ0) is 20.9. The number of ether oxygens (including phenoxy) is 2. The summed E-state index contributed by atoms with van der Waals surface area (Å²) in [5.74, 6) is -2.03. The smallest absolute Gasteiger partial charge is 0.416 e. The molecule has 5 nitrogen and oxygen atoms in total. The fourth-order valence-corrected chi connectivity index (χ4v) is 2.32. The number of esters is 1. The van der Waals surface area contributed by atoms with Crippen molar-refractivity contribution in [1.82, 2.24) is 0 Å². The summed E-state index contributed by atoms with van der Waals surface area (Å²) in [5.41, 5.74) is -0.188. The second-order valence-corrected chi connectivity index (χ2v) is 5.99. The molecule has 0 aliphatic heterocycles. The number of hydrogen-bond acceptors (Lipinski definition) is 5. The average molecular weight is 393 g/mol. The van der Waals surface area contributed by atoms with Gasteiger partial charge in [0.05, 0.1) is 12.7 Å². The molecule has 0 heterocycles. The van der Waals surface area contributed by atoms with E-state index in [0.29, 0.717) is 16.9 Å². The van der Waals surface area contributed by atoms with Crippen LogP contribution >= 0.6 is 0 Å². The molecule has 2 aromatic carbocycles. The summed E-state index contributed by atoms with van der Waals surface area (Å²) in [6.07, 6.45) is -4.39. The molecule has 0 saturated heterocycles. The minimum absolute atomic E-state index is 0.0627. The van der Waals surface area contributed by atoms with Crippen LogP contribution in [-0.4, -0.2) is 24.6 Å². The number of Topliss-reactive ketones (excluding diaryl/α,β-unsaturated/α-hetero) is 1. The van der Waals surface area contributed by atoms with Gasteiger partial charge in [0, 0.05) is 5.56 Å². The number of nitrogens with one attached hydrogen (secondary N) is 1. The van der Waals surface area contributed by atoms with Crippen molar-refractivity contribution < 1.29 is 32.2 Å². The van der Waals surface area contributed by atoms with Crippen molar-refractivity contribution in [3.63, 3.8) is 0 Å². The highest BCUT2D eigenvalue weighted by atomic mass is 19.4. The Morgan fingerprint density at radius 3 is 2.11 bits per heavy atom. The van der Waals surface area contributed by atoms with Gasteiger partial charge < -0.3 is 9.47 Å². The first-order valence-corrected chi connectivity index (χ1v) is 8.23. The quantitative estimate of drug-likeness (QED) is 0.438. The van der Waals surface area contributed by atoms with Crippen LogP contribution < -0.4 is 4.74 Å². The molecule has 0 spiro atoms. The molecule has 28 heavy (non-hydrogen) atoms. The predicted octanol–water partition coefficient (Wildman–Crippen LogP) is 4.03. The maximum atomic E-state index is 12.5. The van der Waals surface area contributed by atoms with Gasteiger partial charge in [-0.25, -0.2) is 0 Å². The lowest BCUT2D eigenvalue weighted by Gasteiger charge is -2.11. The summed E-state index contributed by atoms with van der Waals surface area (Å²) in [4.78, 5) is 23.5. The maximum Gasteiger partial charge on any atom is 0.416 e. The molecule has 2 rings (SSSR count). The number of hydrogen-bond donors (Lipinski definition) is 1. The van der Waals surface area contributed by atoms with Crippen LogP contribution in [0.4, 0.5) is 13.2 Å². The van der Waals surface area contributed by atoms with Gasteiger partial charge in [-0.1, -0.05) is 12.1 Å². The van der Waals surface area contributed by atoms with Crippen LogP contribution in [0.3, 0.4) is 0 Å². The third kappa shape index (κ3) is 5.18. The zero-order valence-corrected chi connectivity index (χ0v) is 15.2. The van der Waals surface area contributed by atoms with Crippen LogP contribution in [-0.2, 0) is 27.1 Å². The van der Waals surface area contributed by atoms with E-state index >= 15 is 0 Å². The van der Waals surface area contributed by atoms with Gasteiger partial charge in [-0.3, -0.25) is 15.0 Å². The van der Waals surface area contributed by atoms with Crippen molar-refractivity contribution in [1.29, 1.82) is 5.41 Å². The largest absolute Gasteiger partial charge is 0.489 e. The summed E-state index contributed by atoms with van der Waals surface area (Å²) in [6, 6.07) is 10.7. The minimum Gasteiger partial charge on any atom is -0.489 e. The molecule has 0 aromatic heterocycles. The monoisotopic (exact) mass is 393 g/mol. The van der Waals surface area contributed by atoms with Gasteiger partial charge in [0.1, 0.15) is 24.0 Å². The van der Waals surface area contributed by atoms with Crippen LogP contribution in [0.1, 0.15) is 23.6 Å². The summed E-state index contributed by atoms with van der Waals surface area (Å²) in [6.45, 7) is 1.43. The molecule has 1 unspecified atom stereocenters. The summed E-state index contributed by atoms with van der Waals surface area (Å²) >= 11 is 0. The van der Waals surface area contributed by atoms with Crippen LogP contribution in [0.5, 0.6) is 5.75 Å². The molecule has 0 fully saturated rings. The molecule has 0 amide bonds. The van der Waals surface area contributed by atoms with Crippen LogP contribution in [0.25, 0.3) is 0 Å². The Labute approximate surface area is 159 Å². The van der Waals surface area contributed by atoms with Crippen molar-refractivity contribution in [3.05, 3.63) is 65.2 Å². The molecule has 1 N–H and O–H groups in total. The Balaban J connectivity index is 1.98. The van der Waals surface area contributed by atoms with E-state index in [9.17, 15) is 22.8 Å². The second kappa shape index (κ2) is 8.69. The summed E-state index contributed by atoms with van der Waals surface area (Å²) in [7, 11) is 1.17. The molecule has 0 saturated carbocycles. The Kier molecular flexibility index (Phi) is 6.56. The lowest BCUT2D eigenvalue weighted by molar-refractivity contribution is -0.147. The number of benzene rings is 2. The number of carbonyl (C=O) groups is 2. The van der Waals surface area contributed by atoms with Gasteiger partial charge in [-0.15, -0.1) is 0 Å². The molecular weight excluding hydrogens is 375 g/mol. The number of methoxy groups -OCH3 is 1. The van der Waals surface area contributed by atoms with E-state index in [2.05, 4.69) is 4.74 Å². The molecule has 0 aliphatic carbocycles. The maximum absolute atomic E-state index is 12.5. The topological polar surface area (TPSA) is 76.5 Å². The molecule has 8 heteroatoms. The SMILES string of the molecule is COC(=O)C(C)C(=O)C(=N)c1ccc(OCc2ccc(C(F)(F)F)cc2)cc1. The van der Waals surface area contributed by atoms with Gasteiger partial charge >= 0.3 is 12.1 Å². The first-order valence-electron chi connectivity index (χ1n) is 8.23. The van der Waals surface area contributed by atoms with Crippen molar-refractivity contribution in [3.8, 4) is 5.75 Å². The van der Waals surface area contributed by atoms with Crippen molar-refractivity contribution in [2.45, 2.75) is 19.7 Å². The Bertz CT molecular complexity index is 859. The number of ketones is 1. The Hall–Kier alpha value is -3.16. The zero-order valence-electron chi connectivity index (χ0n) is 15.2. The second-order valence-electron chi connectivity index (χ2n) is 5.99. The van der Waals surface area contributed by atoms with E-state index in [1.165, 1.54) is 50.4 Å². The third-order valence-corrected chi connectivity index (χ3v) is 4.02. The Morgan fingerprint density at radius 1 is 1.04 bits per heavy atom. The molecule has 1 atom stereocenters. The lowest BCUT2D eigenvalue weighted by atomic mass is 9.97. The van der Waals surface area contributed by atoms with Gasteiger partial charge in [0.2, 0.25) is 0 Å². The molecule has 148 valence electrons. The van der Waals surface area contributed by atoms with Gasteiger partial charge in [0.25, 0.3) is 0 Å². The lowest BCUT2D eigenvalue weighted by Crippen LogP contribution is -2.28. The van der Waals surface area contributed by atoms with Crippen LogP contribution in [0.2, 0.25) is 0 Å². The van der Waals surface area contributed by atoms with E-state index < -0.39 is 29.4 Å². The average Bonchev–Trinajstić information content (AvgIpc) is 2.70. The standard InChI is InChI=1S/C20H18F3NO4/c1-12(19(26)27-2)18(25)17(24)14-5-9-16(10-6-14)28-11-13-3-7-15(8-4-13)20(21,22)23/h3-10,12,24H,11H2,1-2H3. The van der Waals surface area contributed by atoms with Crippen molar-refractivity contribution in [2.24, 2.45) is 5.92 Å². The fraction of sp³-hybridized carbons (Fsp3) is 0.250. The molecule has 0 aliphatic rings. The van der Waals surface area contributed by atoms with Crippen LogP contribution in [0, 0.1) is 11.3 Å². The summed E-state index contributed by atoms with van der Waals surface area (Å²) in [5, 5.41) is 7.92. The Morgan fingerprint density at radius 2 is 1.61 bits per heavy atom. The van der Waals surface area contributed by atoms with Crippen molar-refractivity contribution >= 4 is 17.5 Å². The third-order valence-electron chi connectivity index (χ3n) is 4.02. The highest BCUT2D eigenvalue weighted by molar-refractivity contribution is 6.47. The van der Waals surface area contributed by atoms with Crippen LogP contribution in [0.15, 0.2) is 48.5 Å². The number of halogens is 3. The first-order chi connectivity index (χ1) is 13.1.